The third-order valence-corrected chi connectivity index (χ3v) is 3.89. The van der Waals surface area contributed by atoms with E-state index in [4.69, 9.17) is 0 Å². The highest BCUT2D eigenvalue weighted by Crippen LogP contribution is 2.23. The maximum atomic E-state index is 12.1. The van der Waals surface area contributed by atoms with E-state index in [-0.39, 0.29) is 5.78 Å². The van der Waals surface area contributed by atoms with Crippen LogP contribution in [0.1, 0.15) is 15.2 Å². The Balaban J connectivity index is 2.33. The second-order valence-corrected chi connectivity index (χ2v) is 5.12. The molecule has 1 heterocycles. The molecule has 0 spiro atoms. The molecule has 1 aromatic heterocycles. The van der Waals surface area contributed by atoms with Crippen molar-refractivity contribution in [2.24, 2.45) is 0 Å². The molecule has 16 heavy (non-hydrogen) atoms. The topological polar surface area (TPSA) is 29.1 Å². The summed E-state index contributed by atoms with van der Waals surface area (Å²) in [6, 6.07) is 9.34. The van der Waals surface area contributed by atoms with E-state index in [1.807, 2.05) is 42.8 Å². The zero-order valence-electron chi connectivity index (χ0n) is 8.66. The number of thiophene rings is 1. The van der Waals surface area contributed by atoms with E-state index in [1.54, 1.807) is 0 Å². The van der Waals surface area contributed by atoms with E-state index in [0.29, 0.717) is 5.56 Å². The zero-order chi connectivity index (χ0) is 11.5. The molecule has 2 nitrogen and oxygen atoms in total. The van der Waals surface area contributed by atoms with Gasteiger partial charge in [0.25, 0.3) is 0 Å². The fourth-order valence-corrected chi connectivity index (χ4v) is 2.78. The lowest BCUT2D eigenvalue weighted by Crippen LogP contribution is -1.99. The first-order valence-corrected chi connectivity index (χ1v) is 6.44. The number of hydrogen-bond donors (Lipinski definition) is 1. The molecular formula is C12H10BrNOS. The molecule has 82 valence electrons. The minimum Gasteiger partial charge on any atom is -0.388 e. The molecular weight excluding hydrogens is 286 g/mol. The third kappa shape index (κ3) is 2.33. The molecule has 2 rings (SSSR count). The summed E-state index contributed by atoms with van der Waals surface area (Å²) in [6.07, 6.45) is 0. The largest absolute Gasteiger partial charge is 0.388 e. The molecule has 0 amide bonds. The summed E-state index contributed by atoms with van der Waals surface area (Å²) < 4.78 is 0.950. The van der Waals surface area contributed by atoms with Crippen LogP contribution in [0.5, 0.6) is 0 Å². The maximum absolute atomic E-state index is 12.1. The van der Waals surface area contributed by atoms with Gasteiger partial charge in [0, 0.05) is 28.2 Å². The maximum Gasteiger partial charge on any atom is 0.203 e. The van der Waals surface area contributed by atoms with Crippen molar-refractivity contribution in [3.63, 3.8) is 0 Å². The molecule has 1 N–H and O–H groups in total. The van der Waals surface area contributed by atoms with Crippen LogP contribution in [0, 0.1) is 0 Å². The number of halogens is 1. The highest BCUT2D eigenvalue weighted by atomic mass is 79.9. The summed E-state index contributed by atoms with van der Waals surface area (Å²) in [6.45, 7) is 0. The van der Waals surface area contributed by atoms with Crippen LogP contribution in [-0.4, -0.2) is 12.8 Å². The van der Waals surface area contributed by atoms with Crippen LogP contribution < -0.4 is 5.32 Å². The van der Waals surface area contributed by atoms with Gasteiger partial charge in [-0.2, -0.15) is 0 Å². The summed E-state index contributed by atoms with van der Waals surface area (Å²) >= 11 is 4.80. The predicted octanol–water partition coefficient (Wildman–Crippen LogP) is 3.78. The lowest BCUT2D eigenvalue weighted by Gasteiger charge is -2.02. The Kier molecular flexibility index (Phi) is 3.41. The third-order valence-electron chi connectivity index (χ3n) is 2.20. The van der Waals surface area contributed by atoms with Gasteiger partial charge in [-0.1, -0.05) is 12.1 Å². The Morgan fingerprint density at radius 2 is 2.19 bits per heavy atom. The summed E-state index contributed by atoms with van der Waals surface area (Å²) in [4.78, 5) is 12.8. The summed E-state index contributed by atoms with van der Waals surface area (Å²) in [7, 11) is 1.84. The number of nitrogens with one attached hydrogen (secondary N) is 1. The van der Waals surface area contributed by atoms with E-state index in [0.717, 1.165) is 15.0 Å². The van der Waals surface area contributed by atoms with E-state index in [9.17, 15) is 4.79 Å². The van der Waals surface area contributed by atoms with Crippen molar-refractivity contribution in [1.29, 1.82) is 0 Å². The fraction of sp³-hybridized carbons (Fsp3) is 0.0833. The minimum atomic E-state index is 0.0628. The Morgan fingerprint density at radius 3 is 2.81 bits per heavy atom. The van der Waals surface area contributed by atoms with Crippen molar-refractivity contribution >= 4 is 38.7 Å². The van der Waals surface area contributed by atoms with Gasteiger partial charge >= 0.3 is 0 Å². The molecule has 0 aliphatic rings. The summed E-state index contributed by atoms with van der Waals surface area (Å²) in [5, 5.41) is 4.93. The van der Waals surface area contributed by atoms with Crippen molar-refractivity contribution < 1.29 is 4.79 Å². The van der Waals surface area contributed by atoms with Gasteiger partial charge in [-0.05, 0) is 34.1 Å². The van der Waals surface area contributed by atoms with Gasteiger partial charge < -0.3 is 5.32 Å². The molecule has 0 unspecified atom stereocenters. The van der Waals surface area contributed by atoms with Crippen molar-refractivity contribution in [2.75, 3.05) is 12.4 Å². The van der Waals surface area contributed by atoms with Crippen LogP contribution >= 0.6 is 27.3 Å². The number of carbonyl (C=O) groups excluding carboxylic acids is 1. The summed E-state index contributed by atoms with van der Waals surface area (Å²) in [5.74, 6) is 0.0628. The van der Waals surface area contributed by atoms with Crippen molar-refractivity contribution in [2.45, 2.75) is 0 Å². The number of carbonyl (C=O) groups is 1. The molecule has 0 aliphatic carbocycles. The lowest BCUT2D eigenvalue weighted by molar-refractivity contribution is 0.104. The Bertz CT molecular complexity index is 521. The summed E-state index contributed by atoms with van der Waals surface area (Å²) in [5.41, 5.74) is 1.66. The molecule has 4 heteroatoms. The Labute approximate surface area is 106 Å². The van der Waals surface area contributed by atoms with E-state index < -0.39 is 0 Å². The van der Waals surface area contributed by atoms with Crippen LogP contribution in [0.4, 0.5) is 5.69 Å². The molecule has 1 aromatic carbocycles. The molecule has 0 atom stereocenters. The van der Waals surface area contributed by atoms with E-state index in [1.165, 1.54) is 11.3 Å². The number of benzene rings is 1. The van der Waals surface area contributed by atoms with Crippen molar-refractivity contribution in [1.82, 2.24) is 0 Å². The van der Waals surface area contributed by atoms with Gasteiger partial charge in [0.1, 0.15) is 0 Å². The average molecular weight is 296 g/mol. The predicted molar refractivity (Wildman–Crippen MR) is 71.4 cm³/mol. The first-order valence-electron chi connectivity index (χ1n) is 4.77. The molecule has 0 saturated heterocycles. The molecule has 2 aromatic rings. The highest BCUT2D eigenvalue weighted by Gasteiger charge is 2.11. The number of rotatable bonds is 3. The molecule has 0 saturated carbocycles. The second kappa shape index (κ2) is 4.80. The first-order chi connectivity index (χ1) is 7.70. The van der Waals surface area contributed by atoms with Gasteiger partial charge in [-0.15, -0.1) is 11.3 Å². The number of hydrogen-bond acceptors (Lipinski definition) is 3. The van der Waals surface area contributed by atoms with Crippen LogP contribution in [-0.2, 0) is 0 Å². The average Bonchev–Trinajstić information content (AvgIpc) is 2.75. The van der Waals surface area contributed by atoms with Crippen molar-refractivity contribution in [3.05, 3.63) is 50.6 Å². The molecule has 0 aliphatic heterocycles. The first kappa shape index (κ1) is 11.4. The minimum absolute atomic E-state index is 0.0628. The van der Waals surface area contributed by atoms with E-state index in [2.05, 4.69) is 21.2 Å². The SMILES string of the molecule is CNc1cccc(C(=O)c2cc(Br)cs2)c1. The van der Waals surface area contributed by atoms with Gasteiger partial charge in [-0.3, -0.25) is 4.79 Å². The smallest absolute Gasteiger partial charge is 0.203 e. The van der Waals surface area contributed by atoms with Crippen LogP contribution in [0.3, 0.4) is 0 Å². The quantitative estimate of drug-likeness (QED) is 0.873. The van der Waals surface area contributed by atoms with Gasteiger partial charge in [0.05, 0.1) is 4.88 Å². The molecule has 0 radical (unpaired) electrons. The van der Waals surface area contributed by atoms with Gasteiger partial charge in [0.15, 0.2) is 0 Å². The lowest BCUT2D eigenvalue weighted by atomic mass is 10.1. The van der Waals surface area contributed by atoms with E-state index >= 15 is 0 Å². The normalized spacial score (nSPS) is 10.1. The molecule has 0 bridgehead atoms. The van der Waals surface area contributed by atoms with Gasteiger partial charge in [-0.25, -0.2) is 0 Å². The highest BCUT2D eigenvalue weighted by molar-refractivity contribution is 9.10. The van der Waals surface area contributed by atoms with Crippen molar-refractivity contribution in [3.8, 4) is 0 Å². The Hall–Kier alpha value is -1.13. The van der Waals surface area contributed by atoms with Crippen LogP contribution in [0.15, 0.2) is 40.2 Å². The number of anilines is 1. The monoisotopic (exact) mass is 295 g/mol. The fourth-order valence-electron chi connectivity index (χ4n) is 1.39. The zero-order valence-corrected chi connectivity index (χ0v) is 11.1. The van der Waals surface area contributed by atoms with Gasteiger partial charge in [0.2, 0.25) is 5.78 Å². The Morgan fingerprint density at radius 1 is 1.38 bits per heavy atom. The molecule has 0 fully saturated rings. The van der Waals surface area contributed by atoms with Crippen LogP contribution in [0.2, 0.25) is 0 Å². The van der Waals surface area contributed by atoms with Crippen LogP contribution in [0.25, 0.3) is 0 Å². The number of ketones is 1. The second-order valence-electron chi connectivity index (χ2n) is 3.29. The standard InChI is InChI=1S/C12H10BrNOS/c1-14-10-4-2-3-8(5-10)12(15)11-6-9(13)7-16-11/h2-7,14H,1H3.